The molecule has 0 bridgehead atoms. The first-order valence-electron chi connectivity index (χ1n) is 5.43. The molecule has 0 saturated carbocycles. The van der Waals surface area contributed by atoms with E-state index in [1.807, 2.05) is 24.3 Å². The Morgan fingerprint density at radius 3 is 2.88 bits per heavy atom. The Balaban J connectivity index is 2.28. The molecule has 0 radical (unpaired) electrons. The quantitative estimate of drug-likeness (QED) is 0.858. The number of hydrogen-bond acceptors (Lipinski definition) is 3. The van der Waals surface area contributed by atoms with Crippen molar-refractivity contribution in [1.82, 2.24) is 4.98 Å². The minimum atomic E-state index is 0.523. The molecular weight excluding hydrogens is 200 g/mol. The minimum absolute atomic E-state index is 0.523. The lowest BCUT2D eigenvalue weighted by Gasteiger charge is -2.09. The van der Waals surface area contributed by atoms with Gasteiger partial charge in [-0.1, -0.05) is 13.8 Å². The zero-order valence-corrected chi connectivity index (χ0v) is 9.60. The molecule has 0 unspecified atom stereocenters. The number of nitrogen functional groups attached to an aromatic ring is 1. The van der Waals surface area contributed by atoms with Crippen LogP contribution in [0.4, 0.5) is 5.69 Å². The van der Waals surface area contributed by atoms with E-state index in [1.165, 1.54) is 0 Å². The SMILES string of the molecule is CC(C)COc1ccc2ncc(N)cc2c1. The number of nitrogens with zero attached hydrogens (tertiary/aromatic N) is 1. The molecule has 0 aliphatic rings. The van der Waals surface area contributed by atoms with Gasteiger partial charge in [-0.25, -0.2) is 0 Å². The number of anilines is 1. The van der Waals surface area contributed by atoms with Crippen molar-refractivity contribution in [3.63, 3.8) is 0 Å². The van der Waals surface area contributed by atoms with E-state index >= 15 is 0 Å². The molecule has 0 amide bonds. The molecule has 0 spiro atoms. The van der Waals surface area contributed by atoms with Crippen molar-refractivity contribution in [1.29, 1.82) is 0 Å². The summed E-state index contributed by atoms with van der Waals surface area (Å²) in [6.45, 7) is 4.97. The van der Waals surface area contributed by atoms with Gasteiger partial charge < -0.3 is 10.5 Å². The van der Waals surface area contributed by atoms with Crippen molar-refractivity contribution in [2.24, 2.45) is 5.92 Å². The first kappa shape index (κ1) is 10.7. The Morgan fingerprint density at radius 1 is 1.31 bits per heavy atom. The number of benzene rings is 1. The standard InChI is InChI=1S/C13H16N2O/c1-9(2)8-16-12-3-4-13-10(6-12)5-11(14)7-15-13/h3-7,9H,8,14H2,1-2H3. The van der Waals surface area contributed by atoms with Crippen LogP contribution in [0, 0.1) is 5.92 Å². The molecule has 84 valence electrons. The molecule has 0 atom stereocenters. The predicted molar refractivity (Wildman–Crippen MR) is 66.5 cm³/mol. The minimum Gasteiger partial charge on any atom is -0.493 e. The summed E-state index contributed by atoms with van der Waals surface area (Å²) < 4.78 is 5.65. The van der Waals surface area contributed by atoms with Gasteiger partial charge in [-0.2, -0.15) is 0 Å². The highest BCUT2D eigenvalue weighted by atomic mass is 16.5. The predicted octanol–water partition coefficient (Wildman–Crippen LogP) is 2.85. The summed E-state index contributed by atoms with van der Waals surface area (Å²) in [7, 11) is 0. The molecule has 0 aliphatic heterocycles. The maximum absolute atomic E-state index is 5.69. The van der Waals surface area contributed by atoms with Crippen molar-refractivity contribution in [2.45, 2.75) is 13.8 Å². The van der Waals surface area contributed by atoms with Crippen LogP contribution in [0.25, 0.3) is 10.9 Å². The monoisotopic (exact) mass is 216 g/mol. The summed E-state index contributed by atoms with van der Waals surface area (Å²) in [6, 6.07) is 7.77. The first-order valence-corrected chi connectivity index (χ1v) is 5.43. The molecule has 1 aromatic heterocycles. The van der Waals surface area contributed by atoms with E-state index in [0.717, 1.165) is 23.3 Å². The summed E-state index contributed by atoms with van der Waals surface area (Å²) in [4.78, 5) is 4.24. The number of fused-ring (bicyclic) bond motifs is 1. The van der Waals surface area contributed by atoms with Gasteiger partial charge in [0.25, 0.3) is 0 Å². The van der Waals surface area contributed by atoms with Gasteiger partial charge in [-0.05, 0) is 30.2 Å². The van der Waals surface area contributed by atoms with Crippen LogP contribution >= 0.6 is 0 Å². The maximum atomic E-state index is 5.69. The van der Waals surface area contributed by atoms with Gasteiger partial charge in [0, 0.05) is 5.39 Å². The molecule has 2 rings (SSSR count). The van der Waals surface area contributed by atoms with Crippen LogP contribution in [-0.4, -0.2) is 11.6 Å². The third kappa shape index (κ3) is 2.42. The van der Waals surface area contributed by atoms with Crippen LogP contribution in [0.3, 0.4) is 0 Å². The maximum Gasteiger partial charge on any atom is 0.120 e. The van der Waals surface area contributed by atoms with Gasteiger partial charge in [0.05, 0.1) is 24.0 Å². The third-order valence-corrected chi connectivity index (χ3v) is 2.26. The van der Waals surface area contributed by atoms with Gasteiger partial charge in [-0.3, -0.25) is 4.98 Å². The number of nitrogens with two attached hydrogens (primary N) is 1. The normalized spacial score (nSPS) is 10.9. The molecule has 16 heavy (non-hydrogen) atoms. The third-order valence-electron chi connectivity index (χ3n) is 2.26. The van der Waals surface area contributed by atoms with Gasteiger partial charge in [0.1, 0.15) is 5.75 Å². The van der Waals surface area contributed by atoms with E-state index < -0.39 is 0 Å². The number of pyridine rings is 1. The second-order valence-electron chi connectivity index (χ2n) is 4.33. The van der Waals surface area contributed by atoms with Crippen molar-refractivity contribution in [2.75, 3.05) is 12.3 Å². The fourth-order valence-corrected chi connectivity index (χ4v) is 1.48. The smallest absolute Gasteiger partial charge is 0.120 e. The van der Waals surface area contributed by atoms with Crippen LogP contribution in [0.5, 0.6) is 5.75 Å². The van der Waals surface area contributed by atoms with Crippen molar-refractivity contribution < 1.29 is 4.74 Å². The Labute approximate surface area is 95.2 Å². The molecule has 0 fully saturated rings. The van der Waals surface area contributed by atoms with E-state index in [-0.39, 0.29) is 0 Å². The Morgan fingerprint density at radius 2 is 2.12 bits per heavy atom. The van der Waals surface area contributed by atoms with E-state index in [0.29, 0.717) is 11.6 Å². The van der Waals surface area contributed by atoms with Crippen LogP contribution in [0.15, 0.2) is 30.5 Å². The van der Waals surface area contributed by atoms with E-state index in [1.54, 1.807) is 6.20 Å². The summed E-state index contributed by atoms with van der Waals surface area (Å²) in [6.07, 6.45) is 1.66. The molecule has 2 aromatic rings. The molecule has 1 heterocycles. The highest BCUT2D eigenvalue weighted by Crippen LogP contribution is 2.21. The zero-order chi connectivity index (χ0) is 11.5. The van der Waals surface area contributed by atoms with E-state index in [9.17, 15) is 0 Å². The van der Waals surface area contributed by atoms with Crippen LogP contribution in [-0.2, 0) is 0 Å². The number of ether oxygens (including phenoxy) is 1. The van der Waals surface area contributed by atoms with Crippen LogP contribution < -0.4 is 10.5 Å². The van der Waals surface area contributed by atoms with Crippen LogP contribution in [0.1, 0.15) is 13.8 Å². The van der Waals surface area contributed by atoms with Crippen LogP contribution in [0.2, 0.25) is 0 Å². The van der Waals surface area contributed by atoms with Gasteiger partial charge >= 0.3 is 0 Å². The number of aromatic nitrogens is 1. The Bertz CT molecular complexity index is 494. The summed E-state index contributed by atoms with van der Waals surface area (Å²) >= 11 is 0. The van der Waals surface area contributed by atoms with E-state index in [4.69, 9.17) is 10.5 Å². The molecular formula is C13H16N2O. The second kappa shape index (κ2) is 4.39. The first-order chi connectivity index (χ1) is 7.65. The summed E-state index contributed by atoms with van der Waals surface area (Å²) in [5.41, 5.74) is 7.30. The average Bonchev–Trinajstić information content (AvgIpc) is 2.25. The second-order valence-corrected chi connectivity index (χ2v) is 4.33. The zero-order valence-electron chi connectivity index (χ0n) is 9.60. The summed E-state index contributed by atoms with van der Waals surface area (Å²) in [5.74, 6) is 1.39. The highest BCUT2D eigenvalue weighted by molar-refractivity contribution is 5.82. The topological polar surface area (TPSA) is 48.1 Å². The summed E-state index contributed by atoms with van der Waals surface area (Å²) in [5, 5.41) is 1.02. The van der Waals surface area contributed by atoms with Crippen molar-refractivity contribution >= 4 is 16.6 Å². The lowest BCUT2D eigenvalue weighted by atomic mass is 10.2. The highest BCUT2D eigenvalue weighted by Gasteiger charge is 2.00. The Kier molecular flexibility index (Phi) is 2.95. The molecule has 3 nitrogen and oxygen atoms in total. The molecule has 1 aromatic carbocycles. The molecule has 3 heteroatoms. The molecule has 2 N–H and O–H groups in total. The van der Waals surface area contributed by atoms with Crippen molar-refractivity contribution in [3.8, 4) is 5.75 Å². The fourth-order valence-electron chi connectivity index (χ4n) is 1.48. The van der Waals surface area contributed by atoms with Gasteiger partial charge in [-0.15, -0.1) is 0 Å². The van der Waals surface area contributed by atoms with Gasteiger partial charge in [0.2, 0.25) is 0 Å². The number of hydrogen-bond donors (Lipinski definition) is 1. The van der Waals surface area contributed by atoms with Gasteiger partial charge in [0.15, 0.2) is 0 Å². The molecule has 0 aliphatic carbocycles. The average molecular weight is 216 g/mol. The molecule has 0 saturated heterocycles. The number of rotatable bonds is 3. The lowest BCUT2D eigenvalue weighted by Crippen LogP contribution is -2.04. The lowest BCUT2D eigenvalue weighted by molar-refractivity contribution is 0.271. The van der Waals surface area contributed by atoms with E-state index in [2.05, 4.69) is 18.8 Å². The van der Waals surface area contributed by atoms with Crippen molar-refractivity contribution in [3.05, 3.63) is 30.5 Å². The Hall–Kier alpha value is -1.77. The fraction of sp³-hybridized carbons (Fsp3) is 0.308. The largest absolute Gasteiger partial charge is 0.493 e.